The molecule has 4 rings (SSSR count). The SMILES string of the molecule is O=C1[C@@H](c2ccccc2)c2ccccc2N1c1ccccc1. The molecule has 106 valence electrons. The van der Waals surface area contributed by atoms with E-state index in [0.29, 0.717) is 0 Å². The molecule has 0 saturated heterocycles. The molecule has 1 amide bonds. The van der Waals surface area contributed by atoms with Gasteiger partial charge in [-0.1, -0.05) is 66.7 Å². The van der Waals surface area contributed by atoms with Gasteiger partial charge in [-0.15, -0.1) is 0 Å². The van der Waals surface area contributed by atoms with E-state index in [9.17, 15) is 4.79 Å². The van der Waals surface area contributed by atoms with Gasteiger partial charge in [0, 0.05) is 5.69 Å². The van der Waals surface area contributed by atoms with Gasteiger partial charge in [0.2, 0.25) is 5.91 Å². The predicted octanol–water partition coefficient (Wildman–Crippen LogP) is 4.50. The maximum absolute atomic E-state index is 13.1. The summed E-state index contributed by atoms with van der Waals surface area (Å²) in [6.07, 6.45) is 0. The standard InChI is InChI=1S/C20H15NO/c22-20-19(15-9-3-1-4-10-15)17-13-7-8-14-18(17)21(20)16-11-5-2-6-12-16/h1-14,19H/t19-/m0/s1. The molecule has 1 aliphatic heterocycles. The van der Waals surface area contributed by atoms with Crippen LogP contribution in [-0.4, -0.2) is 5.91 Å². The fraction of sp³-hybridized carbons (Fsp3) is 0.0500. The predicted molar refractivity (Wildman–Crippen MR) is 88.3 cm³/mol. The Labute approximate surface area is 129 Å². The number of para-hydroxylation sites is 2. The van der Waals surface area contributed by atoms with Gasteiger partial charge in [-0.2, -0.15) is 0 Å². The molecule has 2 nitrogen and oxygen atoms in total. The van der Waals surface area contributed by atoms with Crippen molar-refractivity contribution in [2.24, 2.45) is 0 Å². The van der Waals surface area contributed by atoms with Crippen LogP contribution in [0.1, 0.15) is 17.0 Å². The lowest BCUT2D eigenvalue weighted by atomic mass is 9.93. The number of hydrogen-bond acceptors (Lipinski definition) is 1. The average molecular weight is 285 g/mol. The second-order valence-corrected chi connectivity index (χ2v) is 5.41. The lowest BCUT2D eigenvalue weighted by Crippen LogP contribution is -2.24. The van der Waals surface area contributed by atoms with Crippen LogP contribution in [-0.2, 0) is 4.79 Å². The Bertz CT molecular complexity index is 743. The number of anilines is 2. The molecule has 1 atom stereocenters. The number of benzene rings is 3. The van der Waals surface area contributed by atoms with Gasteiger partial charge in [0.15, 0.2) is 0 Å². The van der Waals surface area contributed by atoms with Crippen LogP contribution < -0.4 is 4.90 Å². The first-order chi connectivity index (χ1) is 10.9. The second-order valence-electron chi connectivity index (χ2n) is 5.41. The maximum Gasteiger partial charge on any atom is 0.243 e. The molecule has 1 aliphatic rings. The zero-order valence-corrected chi connectivity index (χ0v) is 12.0. The molecule has 2 heteroatoms. The van der Waals surface area contributed by atoms with Crippen LogP contribution in [0.25, 0.3) is 0 Å². The van der Waals surface area contributed by atoms with Crippen molar-refractivity contribution in [1.29, 1.82) is 0 Å². The Morgan fingerprint density at radius 1 is 0.682 bits per heavy atom. The highest BCUT2D eigenvalue weighted by molar-refractivity contribution is 6.11. The molecule has 0 radical (unpaired) electrons. The summed E-state index contributed by atoms with van der Waals surface area (Å²) in [6, 6.07) is 27.9. The highest BCUT2D eigenvalue weighted by Crippen LogP contribution is 2.44. The first-order valence-corrected chi connectivity index (χ1v) is 7.39. The highest BCUT2D eigenvalue weighted by atomic mass is 16.2. The molecular weight excluding hydrogens is 270 g/mol. The highest BCUT2D eigenvalue weighted by Gasteiger charge is 2.38. The van der Waals surface area contributed by atoms with Crippen molar-refractivity contribution < 1.29 is 4.79 Å². The molecule has 3 aromatic rings. The lowest BCUT2D eigenvalue weighted by Gasteiger charge is -2.18. The van der Waals surface area contributed by atoms with E-state index >= 15 is 0 Å². The average Bonchev–Trinajstić information content (AvgIpc) is 2.88. The molecule has 0 saturated carbocycles. The Balaban J connectivity index is 1.89. The van der Waals surface area contributed by atoms with Gasteiger partial charge in [0.25, 0.3) is 0 Å². The van der Waals surface area contributed by atoms with E-state index in [-0.39, 0.29) is 11.8 Å². The van der Waals surface area contributed by atoms with Crippen LogP contribution >= 0.6 is 0 Å². The summed E-state index contributed by atoms with van der Waals surface area (Å²) in [7, 11) is 0. The Hall–Kier alpha value is -2.87. The van der Waals surface area contributed by atoms with Gasteiger partial charge in [0.05, 0.1) is 11.6 Å². The van der Waals surface area contributed by atoms with E-state index in [1.807, 2.05) is 89.8 Å². The molecule has 0 N–H and O–H groups in total. The number of nitrogens with zero attached hydrogens (tertiary/aromatic N) is 1. The minimum absolute atomic E-state index is 0.110. The van der Waals surface area contributed by atoms with Gasteiger partial charge in [-0.05, 0) is 29.3 Å². The van der Waals surface area contributed by atoms with Crippen molar-refractivity contribution in [2.45, 2.75) is 5.92 Å². The Morgan fingerprint density at radius 3 is 2.00 bits per heavy atom. The van der Waals surface area contributed by atoms with E-state index < -0.39 is 0 Å². The number of carbonyl (C=O) groups excluding carboxylic acids is 1. The molecular formula is C20H15NO. The third-order valence-corrected chi connectivity index (χ3v) is 4.10. The molecule has 0 bridgehead atoms. The number of hydrogen-bond donors (Lipinski definition) is 0. The van der Waals surface area contributed by atoms with Crippen LogP contribution in [0, 0.1) is 0 Å². The molecule has 0 aliphatic carbocycles. The lowest BCUT2D eigenvalue weighted by molar-refractivity contribution is -0.117. The normalized spacial score (nSPS) is 16.6. The topological polar surface area (TPSA) is 20.3 Å². The van der Waals surface area contributed by atoms with Gasteiger partial charge >= 0.3 is 0 Å². The number of amides is 1. The quantitative estimate of drug-likeness (QED) is 0.679. The van der Waals surface area contributed by atoms with Crippen LogP contribution in [0.3, 0.4) is 0 Å². The number of carbonyl (C=O) groups is 1. The van der Waals surface area contributed by atoms with Crippen molar-refractivity contribution in [3.8, 4) is 0 Å². The summed E-state index contributed by atoms with van der Waals surface area (Å²) in [5, 5.41) is 0. The molecule has 0 spiro atoms. The van der Waals surface area contributed by atoms with Crippen LogP contribution in [0.4, 0.5) is 11.4 Å². The zero-order valence-electron chi connectivity index (χ0n) is 12.0. The van der Waals surface area contributed by atoms with Crippen molar-refractivity contribution in [3.63, 3.8) is 0 Å². The summed E-state index contributed by atoms with van der Waals surface area (Å²) >= 11 is 0. The fourth-order valence-corrected chi connectivity index (χ4v) is 3.13. The summed E-state index contributed by atoms with van der Waals surface area (Å²) in [5.74, 6) is -0.115. The molecule has 0 unspecified atom stereocenters. The molecule has 22 heavy (non-hydrogen) atoms. The van der Waals surface area contributed by atoms with E-state index in [4.69, 9.17) is 0 Å². The Kier molecular flexibility index (Phi) is 3.01. The third kappa shape index (κ3) is 1.92. The second kappa shape index (κ2) is 5.15. The number of fused-ring (bicyclic) bond motifs is 1. The third-order valence-electron chi connectivity index (χ3n) is 4.10. The van der Waals surface area contributed by atoms with E-state index in [0.717, 1.165) is 22.5 Å². The monoisotopic (exact) mass is 285 g/mol. The zero-order chi connectivity index (χ0) is 14.9. The summed E-state index contributed by atoms with van der Waals surface area (Å²) in [4.78, 5) is 14.9. The van der Waals surface area contributed by atoms with Crippen LogP contribution in [0.15, 0.2) is 84.9 Å². The summed E-state index contributed by atoms with van der Waals surface area (Å²) in [5.41, 5.74) is 4.01. The van der Waals surface area contributed by atoms with Gasteiger partial charge in [-0.25, -0.2) is 0 Å². The fourth-order valence-electron chi connectivity index (χ4n) is 3.13. The Morgan fingerprint density at radius 2 is 1.27 bits per heavy atom. The van der Waals surface area contributed by atoms with Crippen LogP contribution in [0.2, 0.25) is 0 Å². The van der Waals surface area contributed by atoms with E-state index in [1.165, 1.54) is 0 Å². The first-order valence-electron chi connectivity index (χ1n) is 7.39. The van der Waals surface area contributed by atoms with Crippen molar-refractivity contribution in [3.05, 3.63) is 96.1 Å². The summed E-state index contributed by atoms with van der Waals surface area (Å²) < 4.78 is 0. The van der Waals surface area contributed by atoms with Crippen LogP contribution in [0.5, 0.6) is 0 Å². The van der Waals surface area contributed by atoms with E-state index in [1.54, 1.807) is 0 Å². The van der Waals surface area contributed by atoms with E-state index in [2.05, 4.69) is 0 Å². The van der Waals surface area contributed by atoms with Crippen molar-refractivity contribution in [1.82, 2.24) is 0 Å². The number of rotatable bonds is 2. The minimum Gasteiger partial charge on any atom is -0.280 e. The minimum atomic E-state index is -0.224. The molecule has 3 aromatic carbocycles. The maximum atomic E-state index is 13.1. The van der Waals surface area contributed by atoms with Gasteiger partial charge in [0.1, 0.15) is 0 Å². The first kappa shape index (κ1) is 12.8. The largest absolute Gasteiger partial charge is 0.280 e. The van der Waals surface area contributed by atoms with Crippen molar-refractivity contribution in [2.75, 3.05) is 4.90 Å². The smallest absolute Gasteiger partial charge is 0.243 e. The van der Waals surface area contributed by atoms with Gasteiger partial charge in [-0.3, -0.25) is 9.69 Å². The van der Waals surface area contributed by atoms with Gasteiger partial charge < -0.3 is 0 Å². The molecule has 1 heterocycles. The summed E-state index contributed by atoms with van der Waals surface area (Å²) in [6.45, 7) is 0. The molecule has 0 fully saturated rings. The molecule has 0 aromatic heterocycles. The van der Waals surface area contributed by atoms with Crippen molar-refractivity contribution >= 4 is 17.3 Å².